The largest absolute Gasteiger partial charge is 0.456 e. The minimum Gasteiger partial charge on any atom is -0.456 e. The first-order chi connectivity index (χ1) is 10.2. The predicted molar refractivity (Wildman–Crippen MR) is 82.9 cm³/mol. The van der Waals surface area contributed by atoms with Crippen LogP contribution in [0.15, 0.2) is 28.7 Å². The van der Waals surface area contributed by atoms with Gasteiger partial charge in [0.15, 0.2) is 11.2 Å². The number of hydrogen-bond acceptors (Lipinski definition) is 4. The molecule has 5 nitrogen and oxygen atoms in total. The molecule has 0 atom stereocenters. The zero-order chi connectivity index (χ0) is 16.1. The van der Waals surface area contributed by atoms with Gasteiger partial charge in [0.2, 0.25) is 0 Å². The molecule has 1 aliphatic rings. The second-order valence-corrected chi connectivity index (χ2v) is 7.04. The van der Waals surface area contributed by atoms with E-state index in [0.29, 0.717) is 16.4 Å². The molecule has 1 aromatic carbocycles. The van der Waals surface area contributed by atoms with E-state index in [1.165, 1.54) is 4.90 Å². The molecule has 1 amide bonds. The Labute approximate surface area is 133 Å². The standard InChI is InChI=1S/C16H18ClNO4/c1-15(2,3)22-14(19)18-8-16(20,9-18)12-7-10-5-4-6-11(17)13(10)21-12/h4-7,20H,8-9H2,1-3H3. The fraction of sp³-hybridized carbons (Fsp3) is 0.438. The van der Waals surface area contributed by atoms with Gasteiger partial charge in [-0.1, -0.05) is 23.7 Å². The summed E-state index contributed by atoms with van der Waals surface area (Å²) in [6.45, 7) is 5.69. The molecule has 1 N–H and O–H groups in total. The first-order valence-corrected chi connectivity index (χ1v) is 7.45. The van der Waals surface area contributed by atoms with E-state index in [-0.39, 0.29) is 13.1 Å². The van der Waals surface area contributed by atoms with E-state index in [1.54, 1.807) is 32.9 Å². The molecule has 1 aromatic heterocycles. The van der Waals surface area contributed by atoms with Gasteiger partial charge in [0.25, 0.3) is 0 Å². The van der Waals surface area contributed by atoms with Crippen molar-refractivity contribution in [1.29, 1.82) is 0 Å². The number of β-amino-alcohol motifs (C(OH)–C–C–N with tert-alkyl or cyclic N) is 1. The number of hydrogen-bond donors (Lipinski definition) is 1. The SMILES string of the molecule is CC(C)(C)OC(=O)N1CC(O)(c2cc3cccc(Cl)c3o2)C1. The van der Waals surface area contributed by atoms with Crippen LogP contribution >= 0.6 is 11.6 Å². The Balaban J connectivity index is 1.76. The van der Waals surface area contributed by atoms with Crippen LogP contribution in [0.3, 0.4) is 0 Å². The summed E-state index contributed by atoms with van der Waals surface area (Å²) < 4.78 is 10.9. The predicted octanol–water partition coefficient (Wildman–Crippen LogP) is 3.52. The Morgan fingerprint density at radius 3 is 2.68 bits per heavy atom. The number of furan rings is 1. The van der Waals surface area contributed by atoms with Crippen molar-refractivity contribution in [3.05, 3.63) is 35.0 Å². The lowest BCUT2D eigenvalue weighted by Crippen LogP contribution is -2.61. The number of amides is 1. The van der Waals surface area contributed by atoms with Crippen LogP contribution in [0.25, 0.3) is 11.0 Å². The normalized spacial score (nSPS) is 17.4. The van der Waals surface area contributed by atoms with Crippen LogP contribution in [-0.2, 0) is 10.3 Å². The van der Waals surface area contributed by atoms with Crippen LogP contribution in [0.2, 0.25) is 5.02 Å². The molecule has 0 unspecified atom stereocenters. The summed E-state index contributed by atoms with van der Waals surface area (Å²) in [4.78, 5) is 13.4. The van der Waals surface area contributed by atoms with Crippen molar-refractivity contribution in [3.8, 4) is 0 Å². The summed E-state index contributed by atoms with van der Waals surface area (Å²) in [5, 5.41) is 11.9. The summed E-state index contributed by atoms with van der Waals surface area (Å²) in [6.07, 6.45) is -0.439. The average molecular weight is 324 g/mol. The molecule has 0 radical (unpaired) electrons. The van der Waals surface area contributed by atoms with Crippen molar-refractivity contribution in [3.63, 3.8) is 0 Å². The molecule has 1 aliphatic heterocycles. The lowest BCUT2D eigenvalue weighted by molar-refractivity contribution is -0.114. The highest BCUT2D eigenvalue weighted by molar-refractivity contribution is 6.34. The van der Waals surface area contributed by atoms with Gasteiger partial charge < -0.3 is 19.2 Å². The Morgan fingerprint density at radius 1 is 1.41 bits per heavy atom. The third-order valence-electron chi connectivity index (χ3n) is 3.51. The molecule has 6 heteroatoms. The van der Waals surface area contributed by atoms with Crippen molar-refractivity contribution >= 4 is 28.7 Å². The summed E-state index contributed by atoms with van der Waals surface area (Å²) in [5.41, 5.74) is -1.21. The van der Waals surface area contributed by atoms with Gasteiger partial charge in [-0.3, -0.25) is 0 Å². The number of benzene rings is 1. The number of fused-ring (bicyclic) bond motifs is 1. The van der Waals surface area contributed by atoms with Crippen molar-refractivity contribution in [2.75, 3.05) is 13.1 Å². The van der Waals surface area contributed by atoms with E-state index in [2.05, 4.69) is 0 Å². The van der Waals surface area contributed by atoms with Gasteiger partial charge in [-0.05, 0) is 32.9 Å². The number of aliphatic hydroxyl groups is 1. The van der Waals surface area contributed by atoms with E-state index in [9.17, 15) is 9.90 Å². The maximum absolute atomic E-state index is 11.9. The number of rotatable bonds is 1. The quantitative estimate of drug-likeness (QED) is 0.872. The molecule has 2 heterocycles. The maximum Gasteiger partial charge on any atom is 0.410 e. The third kappa shape index (κ3) is 2.66. The molecule has 1 fully saturated rings. The number of halogens is 1. The Hall–Kier alpha value is -1.72. The summed E-state index contributed by atoms with van der Waals surface area (Å²) in [6, 6.07) is 7.17. The highest BCUT2D eigenvalue weighted by Gasteiger charge is 2.48. The number of carbonyl (C=O) groups is 1. The molecule has 0 saturated carbocycles. The first-order valence-electron chi connectivity index (χ1n) is 7.07. The number of nitrogens with zero attached hydrogens (tertiary/aromatic N) is 1. The molecule has 118 valence electrons. The van der Waals surface area contributed by atoms with Crippen LogP contribution in [0.1, 0.15) is 26.5 Å². The fourth-order valence-corrected chi connectivity index (χ4v) is 2.67. The Bertz CT molecular complexity index is 725. The number of likely N-dealkylation sites (tertiary alicyclic amines) is 1. The van der Waals surface area contributed by atoms with Gasteiger partial charge >= 0.3 is 6.09 Å². The van der Waals surface area contributed by atoms with Gasteiger partial charge in [0.05, 0.1) is 18.1 Å². The van der Waals surface area contributed by atoms with Crippen LogP contribution in [0.5, 0.6) is 0 Å². The van der Waals surface area contributed by atoms with Gasteiger partial charge in [0, 0.05) is 5.39 Å². The van der Waals surface area contributed by atoms with Crippen molar-refractivity contribution < 1.29 is 19.1 Å². The summed E-state index contributed by atoms with van der Waals surface area (Å²) >= 11 is 6.07. The third-order valence-corrected chi connectivity index (χ3v) is 3.81. The van der Waals surface area contributed by atoms with E-state index in [4.69, 9.17) is 20.8 Å². The molecule has 0 aliphatic carbocycles. The molecule has 3 rings (SSSR count). The summed E-state index contributed by atoms with van der Waals surface area (Å²) in [7, 11) is 0. The van der Waals surface area contributed by atoms with Crippen LogP contribution in [0.4, 0.5) is 4.79 Å². The molecular weight excluding hydrogens is 306 g/mol. The van der Waals surface area contributed by atoms with E-state index in [0.717, 1.165) is 5.39 Å². The second kappa shape index (κ2) is 4.89. The molecular formula is C16H18ClNO4. The molecule has 1 saturated heterocycles. The maximum atomic E-state index is 11.9. The minimum absolute atomic E-state index is 0.138. The molecule has 22 heavy (non-hydrogen) atoms. The van der Waals surface area contributed by atoms with Crippen molar-refractivity contribution in [2.24, 2.45) is 0 Å². The Kier molecular flexibility index (Phi) is 3.38. The van der Waals surface area contributed by atoms with Crippen LogP contribution in [-0.4, -0.2) is 34.8 Å². The number of para-hydroxylation sites is 1. The zero-order valence-corrected chi connectivity index (χ0v) is 13.5. The van der Waals surface area contributed by atoms with Crippen LogP contribution in [0, 0.1) is 0 Å². The lowest BCUT2D eigenvalue weighted by atomic mass is 9.91. The van der Waals surface area contributed by atoms with Gasteiger partial charge in [-0.25, -0.2) is 4.79 Å². The van der Waals surface area contributed by atoms with Crippen molar-refractivity contribution in [1.82, 2.24) is 4.90 Å². The Morgan fingerprint density at radius 2 is 2.09 bits per heavy atom. The first kappa shape index (κ1) is 15.2. The zero-order valence-electron chi connectivity index (χ0n) is 12.7. The van der Waals surface area contributed by atoms with Gasteiger partial charge in [-0.2, -0.15) is 0 Å². The second-order valence-electron chi connectivity index (χ2n) is 6.64. The van der Waals surface area contributed by atoms with Gasteiger partial charge in [-0.15, -0.1) is 0 Å². The molecule has 0 spiro atoms. The molecule has 0 bridgehead atoms. The fourth-order valence-electron chi connectivity index (χ4n) is 2.45. The minimum atomic E-state index is -1.20. The number of carbonyl (C=O) groups excluding carboxylic acids is 1. The topological polar surface area (TPSA) is 62.9 Å². The molecule has 2 aromatic rings. The van der Waals surface area contributed by atoms with E-state index >= 15 is 0 Å². The van der Waals surface area contributed by atoms with Crippen LogP contribution < -0.4 is 0 Å². The van der Waals surface area contributed by atoms with E-state index in [1.807, 2.05) is 12.1 Å². The lowest BCUT2D eigenvalue weighted by Gasteiger charge is -2.44. The smallest absolute Gasteiger partial charge is 0.410 e. The number of ether oxygens (including phenoxy) is 1. The van der Waals surface area contributed by atoms with Crippen molar-refractivity contribution in [2.45, 2.75) is 32.0 Å². The van der Waals surface area contributed by atoms with E-state index < -0.39 is 17.3 Å². The highest BCUT2D eigenvalue weighted by atomic mass is 35.5. The highest BCUT2D eigenvalue weighted by Crippen LogP contribution is 2.37. The monoisotopic (exact) mass is 323 g/mol. The summed E-state index contributed by atoms with van der Waals surface area (Å²) in [5.74, 6) is 0.412. The average Bonchev–Trinajstić information content (AvgIpc) is 2.78. The van der Waals surface area contributed by atoms with Gasteiger partial charge in [0.1, 0.15) is 11.4 Å².